The van der Waals surface area contributed by atoms with Crippen LogP contribution in [0.5, 0.6) is 11.5 Å². The first-order valence-corrected chi connectivity index (χ1v) is 8.55. The van der Waals surface area contributed by atoms with E-state index < -0.39 is 5.41 Å². The number of carbonyl (C=O) groups is 1. The summed E-state index contributed by atoms with van der Waals surface area (Å²) in [5, 5.41) is 21.9. The number of amides is 1. The number of aromatic hydroxyl groups is 2. The Morgan fingerprint density at radius 3 is 2.04 bits per heavy atom. The number of carbonyl (C=O) groups excluding carboxylic acids is 1. The molecule has 3 N–H and O–H groups in total. The fourth-order valence-corrected chi connectivity index (χ4v) is 2.99. The van der Waals surface area contributed by atoms with Crippen LogP contribution in [0.25, 0.3) is 0 Å². The maximum absolute atomic E-state index is 12.9. The summed E-state index contributed by atoms with van der Waals surface area (Å²) >= 11 is 0. The normalized spacial score (nSPS) is 15.0. The molecule has 24 heavy (non-hydrogen) atoms. The molecule has 0 aromatic heterocycles. The number of phenolic OH excluding ortho intramolecular Hbond substituents is 2. The second-order valence-corrected chi connectivity index (χ2v) is 9.15. The Kier molecular flexibility index (Phi) is 5.96. The standard InChI is InChI=1S/C20H33NO3/c1-18(2,3)13-20(7,19(4,5)6)17(24)21-11-10-14-8-9-15(22)16(23)12-14/h8-9,12,22-23H,10-11,13H2,1-7H3,(H,21,24). The van der Waals surface area contributed by atoms with Crippen molar-refractivity contribution < 1.29 is 15.0 Å². The molecule has 0 fully saturated rings. The largest absolute Gasteiger partial charge is 0.504 e. The van der Waals surface area contributed by atoms with Crippen molar-refractivity contribution >= 4 is 5.91 Å². The molecule has 1 aromatic rings. The number of phenols is 2. The minimum Gasteiger partial charge on any atom is -0.504 e. The summed E-state index contributed by atoms with van der Waals surface area (Å²) in [5.41, 5.74) is 0.310. The summed E-state index contributed by atoms with van der Waals surface area (Å²) in [6, 6.07) is 4.74. The van der Waals surface area contributed by atoms with Gasteiger partial charge in [0.05, 0.1) is 5.41 Å². The number of nitrogens with one attached hydrogen (secondary N) is 1. The molecule has 0 bridgehead atoms. The van der Waals surface area contributed by atoms with E-state index in [0.717, 1.165) is 12.0 Å². The smallest absolute Gasteiger partial charge is 0.226 e. The molecule has 0 heterocycles. The van der Waals surface area contributed by atoms with Gasteiger partial charge in [-0.2, -0.15) is 0 Å². The lowest BCUT2D eigenvalue weighted by Gasteiger charge is -2.44. The molecule has 0 aliphatic heterocycles. The number of hydrogen-bond acceptors (Lipinski definition) is 3. The highest BCUT2D eigenvalue weighted by atomic mass is 16.3. The van der Waals surface area contributed by atoms with E-state index in [1.54, 1.807) is 6.07 Å². The predicted molar refractivity (Wildman–Crippen MR) is 98.1 cm³/mol. The summed E-state index contributed by atoms with van der Waals surface area (Å²) in [5.74, 6) is -0.202. The van der Waals surface area contributed by atoms with E-state index in [1.165, 1.54) is 12.1 Å². The lowest BCUT2D eigenvalue weighted by atomic mass is 9.61. The van der Waals surface area contributed by atoms with Crippen molar-refractivity contribution in [2.24, 2.45) is 16.2 Å². The van der Waals surface area contributed by atoms with Crippen molar-refractivity contribution in [2.45, 2.75) is 61.3 Å². The van der Waals surface area contributed by atoms with Gasteiger partial charge in [-0.3, -0.25) is 4.79 Å². The quantitative estimate of drug-likeness (QED) is 0.705. The Balaban J connectivity index is 2.77. The molecular formula is C20H33NO3. The van der Waals surface area contributed by atoms with Crippen LogP contribution in [-0.4, -0.2) is 22.7 Å². The molecule has 0 saturated carbocycles. The molecule has 0 saturated heterocycles. The van der Waals surface area contributed by atoms with Crippen LogP contribution in [0.3, 0.4) is 0 Å². The predicted octanol–water partition coefficient (Wildman–Crippen LogP) is 4.25. The van der Waals surface area contributed by atoms with Gasteiger partial charge in [0.15, 0.2) is 11.5 Å². The highest BCUT2D eigenvalue weighted by molar-refractivity contribution is 5.83. The van der Waals surface area contributed by atoms with Gasteiger partial charge in [0.1, 0.15) is 0 Å². The van der Waals surface area contributed by atoms with Crippen molar-refractivity contribution in [3.8, 4) is 11.5 Å². The van der Waals surface area contributed by atoms with Crippen LogP contribution in [-0.2, 0) is 11.2 Å². The van der Waals surface area contributed by atoms with Crippen LogP contribution in [0.1, 0.15) is 60.5 Å². The molecule has 1 aromatic carbocycles. The fourth-order valence-electron chi connectivity index (χ4n) is 2.99. The van der Waals surface area contributed by atoms with Crippen molar-refractivity contribution in [2.75, 3.05) is 6.54 Å². The molecule has 0 radical (unpaired) electrons. The minimum absolute atomic E-state index is 0.0577. The van der Waals surface area contributed by atoms with E-state index in [0.29, 0.717) is 13.0 Å². The van der Waals surface area contributed by atoms with Crippen molar-refractivity contribution in [1.82, 2.24) is 5.32 Å². The summed E-state index contributed by atoms with van der Waals surface area (Å²) in [7, 11) is 0. The Hall–Kier alpha value is -1.71. The Morgan fingerprint density at radius 2 is 1.58 bits per heavy atom. The van der Waals surface area contributed by atoms with Crippen molar-refractivity contribution in [1.29, 1.82) is 0 Å². The molecule has 1 rings (SSSR count). The first kappa shape index (κ1) is 20.3. The van der Waals surface area contributed by atoms with E-state index in [9.17, 15) is 15.0 Å². The molecule has 136 valence electrons. The lowest BCUT2D eigenvalue weighted by molar-refractivity contribution is -0.138. The minimum atomic E-state index is -0.470. The SMILES string of the molecule is CC(C)(C)CC(C)(C(=O)NCCc1ccc(O)c(O)c1)C(C)(C)C. The van der Waals surface area contributed by atoms with Gasteiger partial charge in [0.25, 0.3) is 0 Å². The van der Waals surface area contributed by atoms with Gasteiger partial charge in [-0.25, -0.2) is 0 Å². The molecular weight excluding hydrogens is 302 g/mol. The molecule has 1 unspecified atom stereocenters. The van der Waals surface area contributed by atoms with Gasteiger partial charge in [-0.15, -0.1) is 0 Å². The Bertz CT molecular complexity index is 582. The van der Waals surface area contributed by atoms with Gasteiger partial charge in [-0.05, 0) is 41.4 Å². The van der Waals surface area contributed by atoms with Gasteiger partial charge in [-0.1, -0.05) is 54.5 Å². The van der Waals surface area contributed by atoms with Gasteiger partial charge in [0, 0.05) is 6.54 Å². The third-order valence-corrected chi connectivity index (χ3v) is 4.78. The highest BCUT2D eigenvalue weighted by Gasteiger charge is 2.46. The van der Waals surface area contributed by atoms with E-state index in [-0.39, 0.29) is 28.2 Å². The molecule has 1 amide bonds. The van der Waals surface area contributed by atoms with Crippen LogP contribution in [0.15, 0.2) is 18.2 Å². The summed E-state index contributed by atoms with van der Waals surface area (Å²) in [6.45, 7) is 15.3. The summed E-state index contributed by atoms with van der Waals surface area (Å²) in [4.78, 5) is 12.9. The molecule has 0 spiro atoms. The maximum Gasteiger partial charge on any atom is 0.226 e. The fraction of sp³-hybridized carbons (Fsp3) is 0.650. The van der Waals surface area contributed by atoms with E-state index >= 15 is 0 Å². The van der Waals surface area contributed by atoms with Crippen molar-refractivity contribution in [3.05, 3.63) is 23.8 Å². The second kappa shape index (κ2) is 7.04. The Morgan fingerprint density at radius 1 is 1.00 bits per heavy atom. The second-order valence-electron chi connectivity index (χ2n) is 9.15. The molecule has 4 heteroatoms. The third kappa shape index (κ3) is 5.15. The van der Waals surface area contributed by atoms with E-state index in [2.05, 4.69) is 46.9 Å². The average molecular weight is 335 g/mol. The van der Waals surface area contributed by atoms with Crippen LogP contribution in [0.2, 0.25) is 0 Å². The monoisotopic (exact) mass is 335 g/mol. The molecule has 0 aliphatic rings. The number of hydrogen-bond donors (Lipinski definition) is 3. The van der Waals surface area contributed by atoms with Crippen LogP contribution in [0.4, 0.5) is 0 Å². The van der Waals surface area contributed by atoms with Crippen molar-refractivity contribution in [3.63, 3.8) is 0 Å². The highest BCUT2D eigenvalue weighted by Crippen LogP contribution is 2.46. The lowest BCUT2D eigenvalue weighted by Crippen LogP contribution is -2.49. The average Bonchev–Trinajstić information content (AvgIpc) is 2.39. The van der Waals surface area contributed by atoms with Gasteiger partial charge >= 0.3 is 0 Å². The first-order valence-electron chi connectivity index (χ1n) is 8.55. The van der Waals surface area contributed by atoms with Crippen LogP contribution in [0, 0.1) is 16.2 Å². The van der Waals surface area contributed by atoms with Gasteiger partial charge < -0.3 is 15.5 Å². The third-order valence-electron chi connectivity index (χ3n) is 4.78. The number of benzene rings is 1. The summed E-state index contributed by atoms with van der Waals surface area (Å²) in [6.07, 6.45) is 1.41. The van der Waals surface area contributed by atoms with E-state index in [4.69, 9.17) is 0 Å². The topological polar surface area (TPSA) is 69.6 Å². The zero-order valence-corrected chi connectivity index (χ0v) is 16.2. The Labute approximate surface area is 146 Å². The zero-order chi connectivity index (χ0) is 18.8. The van der Waals surface area contributed by atoms with Crippen LogP contribution >= 0.6 is 0 Å². The van der Waals surface area contributed by atoms with Gasteiger partial charge in [0.2, 0.25) is 5.91 Å². The first-order chi connectivity index (χ1) is 10.8. The van der Waals surface area contributed by atoms with E-state index in [1.807, 2.05) is 6.92 Å². The number of rotatable bonds is 5. The molecule has 0 aliphatic carbocycles. The molecule has 1 atom stereocenters. The maximum atomic E-state index is 12.9. The molecule has 4 nitrogen and oxygen atoms in total. The zero-order valence-electron chi connectivity index (χ0n) is 16.2. The summed E-state index contributed by atoms with van der Waals surface area (Å²) < 4.78 is 0. The van der Waals surface area contributed by atoms with Crippen LogP contribution < -0.4 is 5.32 Å².